The van der Waals surface area contributed by atoms with Crippen LogP contribution in [0.2, 0.25) is 0 Å². The smallest absolute Gasteiger partial charge is 0.338 e. The normalized spacial score (nSPS) is 16.2. The Balaban J connectivity index is 1.64. The Hall–Kier alpha value is -3.36. The average molecular weight is 415 g/mol. The number of ether oxygens (including phenoxy) is 1. The van der Waals surface area contributed by atoms with Crippen LogP contribution >= 0.6 is 0 Å². The molecule has 0 N–H and O–H groups in total. The molecule has 1 amide bonds. The van der Waals surface area contributed by atoms with Crippen LogP contribution in [0.15, 0.2) is 41.0 Å². The summed E-state index contributed by atoms with van der Waals surface area (Å²) >= 11 is 0. The molecule has 0 bridgehead atoms. The standard InChI is InChI=1S/C21H25N3O6/c1-15-5-3-9-23(12-15)18-8-7-16(11-19(18)24(27)28)21(26)30-14-20(25)22(2)13-17-6-4-10-29-17/h4,6-8,10-11,15H,3,5,9,12-14H2,1-2H3/t15-/m0/s1. The molecular formula is C21H25N3O6. The fraction of sp³-hybridized carbons (Fsp3) is 0.429. The number of carbonyl (C=O) groups excluding carboxylic acids is 2. The first kappa shape index (κ1) is 21.4. The summed E-state index contributed by atoms with van der Waals surface area (Å²) < 4.78 is 10.3. The van der Waals surface area contributed by atoms with Crippen molar-refractivity contribution in [2.24, 2.45) is 5.92 Å². The van der Waals surface area contributed by atoms with Crippen LogP contribution in [0.1, 0.15) is 35.9 Å². The minimum atomic E-state index is -0.781. The maximum atomic E-state index is 12.4. The molecule has 2 heterocycles. The van der Waals surface area contributed by atoms with E-state index < -0.39 is 23.4 Å². The third-order valence-electron chi connectivity index (χ3n) is 5.13. The van der Waals surface area contributed by atoms with Gasteiger partial charge in [0.15, 0.2) is 6.61 Å². The number of esters is 1. The molecule has 0 spiro atoms. The van der Waals surface area contributed by atoms with E-state index in [1.807, 2.05) is 4.90 Å². The molecule has 9 nitrogen and oxygen atoms in total. The summed E-state index contributed by atoms with van der Waals surface area (Å²) in [6, 6.07) is 7.75. The molecule has 2 aromatic rings. The molecule has 0 radical (unpaired) electrons. The van der Waals surface area contributed by atoms with Gasteiger partial charge < -0.3 is 19.0 Å². The molecule has 0 saturated carbocycles. The molecule has 30 heavy (non-hydrogen) atoms. The molecule has 3 rings (SSSR count). The fourth-order valence-corrected chi connectivity index (χ4v) is 3.52. The molecule has 1 atom stereocenters. The van der Waals surface area contributed by atoms with E-state index in [0.717, 1.165) is 25.9 Å². The second-order valence-corrected chi connectivity index (χ2v) is 7.56. The molecule has 1 aliphatic heterocycles. The molecule has 160 valence electrons. The first-order chi connectivity index (χ1) is 14.3. The van der Waals surface area contributed by atoms with Gasteiger partial charge in [-0.15, -0.1) is 0 Å². The Labute approximate surface area is 174 Å². The number of rotatable bonds is 7. The van der Waals surface area contributed by atoms with Crippen LogP contribution in [0.5, 0.6) is 0 Å². The lowest BCUT2D eigenvalue weighted by Crippen LogP contribution is -2.34. The summed E-state index contributed by atoms with van der Waals surface area (Å²) in [4.78, 5) is 39.0. The lowest BCUT2D eigenvalue weighted by molar-refractivity contribution is -0.384. The molecule has 1 fully saturated rings. The lowest BCUT2D eigenvalue weighted by atomic mass is 9.99. The molecular weight excluding hydrogens is 390 g/mol. The van der Waals surface area contributed by atoms with Crippen LogP contribution in [-0.2, 0) is 16.1 Å². The van der Waals surface area contributed by atoms with Crippen LogP contribution in [0.3, 0.4) is 0 Å². The highest BCUT2D eigenvalue weighted by molar-refractivity contribution is 5.93. The highest BCUT2D eigenvalue weighted by atomic mass is 16.6. The van der Waals surface area contributed by atoms with Gasteiger partial charge in [0.05, 0.1) is 23.3 Å². The van der Waals surface area contributed by atoms with Crippen LogP contribution in [-0.4, -0.2) is 48.4 Å². The van der Waals surface area contributed by atoms with Gasteiger partial charge in [0.1, 0.15) is 11.4 Å². The Morgan fingerprint density at radius 2 is 2.17 bits per heavy atom. The Kier molecular flexibility index (Phi) is 6.71. The summed E-state index contributed by atoms with van der Waals surface area (Å²) in [6.07, 6.45) is 3.57. The first-order valence-corrected chi connectivity index (χ1v) is 9.82. The number of hydrogen-bond acceptors (Lipinski definition) is 7. The third kappa shape index (κ3) is 5.16. The number of nitro groups is 1. The number of furan rings is 1. The van der Waals surface area contributed by atoms with Crippen molar-refractivity contribution in [1.29, 1.82) is 0 Å². The van der Waals surface area contributed by atoms with E-state index in [1.165, 1.54) is 23.3 Å². The minimum Gasteiger partial charge on any atom is -0.467 e. The summed E-state index contributed by atoms with van der Waals surface area (Å²) in [6.45, 7) is 3.38. The van der Waals surface area contributed by atoms with E-state index in [9.17, 15) is 19.7 Å². The second-order valence-electron chi connectivity index (χ2n) is 7.56. The maximum Gasteiger partial charge on any atom is 0.338 e. The molecule has 1 aromatic carbocycles. The van der Waals surface area contributed by atoms with E-state index >= 15 is 0 Å². The zero-order chi connectivity index (χ0) is 21.7. The van der Waals surface area contributed by atoms with Crippen molar-refractivity contribution in [3.63, 3.8) is 0 Å². The van der Waals surface area contributed by atoms with Crippen molar-refractivity contribution in [3.05, 3.63) is 58.0 Å². The third-order valence-corrected chi connectivity index (χ3v) is 5.13. The van der Waals surface area contributed by atoms with Gasteiger partial charge in [0, 0.05) is 26.2 Å². The minimum absolute atomic E-state index is 0.0389. The number of hydrogen-bond donors (Lipinski definition) is 0. The summed E-state index contributed by atoms with van der Waals surface area (Å²) in [5.74, 6) is -0.132. The van der Waals surface area contributed by atoms with Crippen LogP contribution < -0.4 is 4.90 Å². The molecule has 1 saturated heterocycles. The molecule has 9 heteroatoms. The van der Waals surface area contributed by atoms with Gasteiger partial charge in [-0.05, 0) is 43.0 Å². The van der Waals surface area contributed by atoms with E-state index in [2.05, 4.69) is 6.92 Å². The van der Waals surface area contributed by atoms with Crippen molar-refractivity contribution >= 4 is 23.3 Å². The topological polar surface area (TPSA) is 106 Å². The zero-order valence-corrected chi connectivity index (χ0v) is 17.1. The van der Waals surface area contributed by atoms with E-state index in [-0.39, 0.29) is 17.8 Å². The van der Waals surface area contributed by atoms with Crippen LogP contribution in [0, 0.1) is 16.0 Å². The van der Waals surface area contributed by atoms with Gasteiger partial charge in [0.25, 0.3) is 11.6 Å². The molecule has 1 aliphatic rings. The monoisotopic (exact) mass is 415 g/mol. The Morgan fingerprint density at radius 3 is 2.83 bits per heavy atom. The van der Waals surface area contributed by atoms with Gasteiger partial charge in [-0.3, -0.25) is 14.9 Å². The van der Waals surface area contributed by atoms with Crippen LogP contribution in [0.4, 0.5) is 11.4 Å². The van der Waals surface area contributed by atoms with E-state index in [1.54, 1.807) is 25.2 Å². The molecule has 1 aromatic heterocycles. The van der Waals surface area contributed by atoms with Gasteiger partial charge in [-0.25, -0.2) is 4.79 Å². The van der Waals surface area contributed by atoms with Crippen LogP contribution in [0.25, 0.3) is 0 Å². The number of amides is 1. The van der Waals surface area contributed by atoms with Gasteiger partial charge in [-0.1, -0.05) is 6.92 Å². The predicted octanol–water partition coefficient (Wildman–Crippen LogP) is 3.24. The number of piperidine rings is 1. The average Bonchev–Trinajstić information content (AvgIpc) is 3.24. The summed E-state index contributed by atoms with van der Waals surface area (Å²) in [5.41, 5.74) is 0.397. The number of benzene rings is 1. The fourth-order valence-electron chi connectivity index (χ4n) is 3.52. The van der Waals surface area contributed by atoms with Gasteiger partial charge >= 0.3 is 5.97 Å². The van der Waals surface area contributed by atoms with Crippen molar-refractivity contribution in [2.45, 2.75) is 26.3 Å². The predicted molar refractivity (Wildman–Crippen MR) is 109 cm³/mol. The van der Waals surface area contributed by atoms with Crippen molar-refractivity contribution in [1.82, 2.24) is 4.90 Å². The number of anilines is 1. The number of nitrogens with zero attached hydrogens (tertiary/aromatic N) is 3. The molecule has 0 aliphatic carbocycles. The zero-order valence-electron chi connectivity index (χ0n) is 17.1. The number of likely N-dealkylation sites (N-methyl/N-ethyl adjacent to an activating group) is 1. The summed E-state index contributed by atoms with van der Waals surface area (Å²) in [7, 11) is 1.57. The largest absolute Gasteiger partial charge is 0.467 e. The highest BCUT2D eigenvalue weighted by Crippen LogP contribution is 2.32. The van der Waals surface area contributed by atoms with Gasteiger partial charge in [-0.2, -0.15) is 0 Å². The highest BCUT2D eigenvalue weighted by Gasteiger charge is 2.26. The lowest BCUT2D eigenvalue weighted by Gasteiger charge is -2.32. The van der Waals surface area contributed by atoms with Crippen molar-refractivity contribution in [2.75, 3.05) is 31.6 Å². The van der Waals surface area contributed by atoms with Gasteiger partial charge in [0.2, 0.25) is 0 Å². The number of nitro benzene ring substituents is 1. The second kappa shape index (κ2) is 9.43. The Morgan fingerprint density at radius 1 is 1.37 bits per heavy atom. The first-order valence-electron chi connectivity index (χ1n) is 9.82. The SMILES string of the molecule is C[C@H]1CCCN(c2ccc(C(=O)OCC(=O)N(C)Cc3ccco3)cc2[N+](=O)[O-])C1. The van der Waals surface area contributed by atoms with Crippen molar-refractivity contribution < 1.29 is 23.7 Å². The van der Waals surface area contributed by atoms with E-state index in [0.29, 0.717) is 17.4 Å². The maximum absolute atomic E-state index is 12.4. The quantitative estimate of drug-likeness (QED) is 0.388. The van der Waals surface area contributed by atoms with Crippen molar-refractivity contribution in [3.8, 4) is 0 Å². The van der Waals surface area contributed by atoms with E-state index in [4.69, 9.17) is 9.15 Å². The number of carbonyl (C=O) groups is 2. The Bertz CT molecular complexity index is 911. The molecule has 0 unspecified atom stereocenters. The summed E-state index contributed by atoms with van der Waals surface area (Å²) in [5, 5.41) is 11.6.